The van der Waals surface area contributed by atoms with E-state index in [4.69, 9.17) is 5.41 Å². The summed E-state index contributed by atoms with van der Waals surface area (Å²) in [7, 11) is 3.73. The number of benzene rings is 1. The summed E-state index contributed by atoms with van der Waals surface area (Å²) in [5, 5.41) is 7.92. The highest BCUT2D eigenvalue weighted by atomic mass is 19.1. The van der Waals surface area contributed by atoms with Crippen LogP contribution in [-0.4, -0.2) is 49.5 Å². The summed E-state index contributed by atoms with van der Waals surface area (Å²) in [6.07, 6.45) is 0.320. The highest BCUT2D eigenvalue weighted by Crippen LogP contribution is 2.20. The van der Waals surface area contributed by atoms with Crippen molar-refractivity contribution in [3.05, 3.63) is 30.1 Å². The molecule has 1 aromatic rings. The molecule has 1 aromatic carbocycles. The van der Waals surface area contributed by atoms with Crippen LogP contribution in [-0.2, 0) is 9.59 Å². The van der Waals surface area contributed by atoms with Crippen LogP contribution < -0.4 is 4.90 Å². The van der Waals surface area contributed by atoms with Crippen LogP contribution in [0.25, 0.3) is 0 Å². The van der Waals surface area contributed by atoms with Crippen molar-refractivity contribution >= 4 is 23.1 Å². The van der Waals surface area contributed by atoms with E-state index in [1.807, 2.05) is 19.0 Å². The van der Waals surface area contributed by atoms with Gasteiger partial charge < -0.3 is 15.2 Å². The molecule has 0 saturated carbocycles. The van der Waals surface area contributed by atoms with Gasteiger partial charge in [0.2, 0.25) is 5.91 Å². The molecule has 0 radical (unpaired) electrons. The van der Waals surface area contributed by atoms with Gasteiger partial charge in [-0.2, -0.15) is 0 Å². The van der Waals surface area contributed by atoms with Crippen LogP contribution in [0.3, 0.4) is 0 Å². The van der Waals surface area contributed by atoms with Crippen molar-refractivity contribution in [2.75, 3.05) is 32.1 Å². The Hall–Kier alpha value is -2.08. The first-order valence-corrected chi connectivity index (χ1v) is 7.57. The van der Waals surface area contributed by atoms with Crippen LogP contribution in [0, 0.1) is 17.1 Å². The number of nitrogens with one attached hydrogen (secondary N) is 1. The van der Waals surface area contributed by atoms with Crippen molar-refractivity contribution in [2.24, 2.45) is 5.92 Å². The predicted molar refractivity (Wildman–Crippen MR) is 89.5 cm³/mol. The van der Waals surface area contributed by atoms with Gasteiger partial charge in [0, 0.05) is 24.5 Å². The number of carbonyl (C=O) groups is 2. The second-order valence-electron chi connectivity index (χ2n) is 5.70. The van der Waals surface area contributed by atoms with E-state index in [1.54, 1.807) is 13.0 Å². The number of ketones is 1. The zero-order valence-electron chi connectivity index (χ0n) is 14.1. The van der Waals surface area contributed by atoms with Gasteiger partial charge in [-0.25, -0.2) is 4.39 Å². The van der Waals surface area contributed by atoms with Crippen LogP contribution in [0.1, 0.15) is 20.3 Å². The predicted octanol–water partition coefficient (Wildman–Crippen LogP) is 2.36. The summed E-state index contributed by atoms with van der Waals surface area (Å²) in [5.74, 6) is -2.40. The lowest BCUT2D eigenvalue weighted by atomic mass is 9.95. The van der Waals surface area contributed by atoms with Crippen molar-refractivity contribution in [1.29, 1.82) is 5.41 Å². The molecule has 0 spiro atoms. The normalized spacial score (nSPS) is 12.1. The van der Waals surface area contributed by atoms with E-state index in [1.165, 1.54) is 30.0 Å². The molecule has 6 heteroatoms. The summed E-state index contributed by atoms with van der Waals surface area (Å²) in [6, 6.07) is 5.72. The molecule has 0 aliphatic carbocycles. The van der Waals surface area contributed by atoms with Crippen LogP contribution in [0.4, 0.5) is 10.1 Å². The molecular formula is C17H24FN3O2. The maximum Gasteiger partial charge on any atom is 0.243 e. The van der Waals surface area contributed by atoms with E-state index in [0.717, 1.165) is 0 Å². The molecule has 1 N–H and O–H groups in total. The minimum Gasteiger partial charge on any atom is -0.310 e. The molecule has 0 fully saturated rings. The standard InChI is InChI=1S/C17H24FN3O2/c1-5-15(19)16(12(2)22)17(23)21(10-9-20(3)4)14-8-6-7-13(18)11-14/h6-8,11,16,19H,5,9-10H2,1-4H3. The Morgan fingerprint density at radius 3 is 2.39 bits per heavy atom. The number of hydrogen-bond donors (Lipinski definition) is 1. The van der Waals surface area contributed by atoms with Gasteiger partial charge in [-0.1, -0.05) is 13.0 Å². The molecule has 1 atom stereocenters. The average molecular weight is 321 g/mol. The SMILES string of the molecule is CCC(=N)C(C(C)=O)C(=O)N(CCN(C)C)c1cccc(F)c1. The van der Waals surface area contributed by atoms with Crippen molar-refractivity contribution in [3.8, 4) is 0 Å². The lowest BCUT2D eigenvalue weighted by Gasteiger charge is -2.28. The van der Waals surface area contributed by atoms with Gasteiger partial charge in [-0.3, -0.25) is 9.59 Å². The van der Waals surface area contributed by atoms with E-state index >= 15 is 0 Å². The van der Waals surface area contributed by atoms with Gasteiger partial charge in [0.25, 0.3) is 0 Å². The summed E-state index contributed by atoms with van der Waals surface area (Å²) in [6.45, 7) is 3.92. The Morgan fingerprint density at radius 1 is 1.26 bits per heavy atom. The first-order chi connectivity index (χ1) is 10.8. The first-order valence-electron chi connectivity index (χ1n) is 7.57. The Kier molecular flexibility index (Phi) is 7.03. The maximum atomic E-state index is 13.5. The fourth-order valence-electron chi connectivity index (χ4n) is 2.24. The van der Waals surface area contributed by atoms with E-state index in [9.17, 15) is 14.0 Å². The van der Waals surface area contributed by atoms with Crippen molar-refractivity contribution in [1.82, 2.24) is 4.90 Å². The third-order valence-corrected chi connectivity index (χ3v) is 3.54. The van der Waals surface area contributed by atoms with Gasteiger partial charge in [0.1, 0.15) is 17.5 Å². The van der Waals surface area contributed by atoms with Crippen LogP contribution in [0.15, 0.2) is 24.3 Å². The lowest BCUT2D eigenvalue weighted by Crippen LogP contribution is -2.45. The second-order valence-corrected chi connectivity index (χ2v) is 5.70. The van der Waals surface area contributed by atoms with Crippen molar-refractivity contribution in [3.63, 3.8) is 0 Å². The molecule has 0 bridgehead atoms. The van der Waals surface area contributed by atoms with E-state index in [0.29, 0.717) is 25.2 Å². The smallest absolute Gasteiger partial charge is 0.243 e. The molecule has 0 aliphatic rings. The minimum absolute atomic E-state index is 0.0776. The number of hydrogen-bond acceptors (Lipinski definition) is 4. The molecule has 0 aromatic heterocycles. The van der Waals surface area contributed by atoms with Crippen LogP contribution >= 0.6 is 0 Å². The average Bonchev–Trinajstić information content (AvgIpc) is 2.46. The summed E-state index contributed by atoms with van der Waals surface area (Å²) >= 11 is 0. The topological polar surface area (TPSA) is 64.5 Å². The van der Waals surface area contributed by atoms with Crippen molar-refractivity contribution in [2.45, 2.75) is 20.3 Å². The van der Waals surface area contributed by atoms with Gasteiger partial charge in [0.05, 0.1) is 0 Å². The van der Waals surface area contributed by atoms with E-state index in [2.05, 4.69) is 0 Å². The Balaban J connectivity index is 3.18. The molecule has 126 valence electrons. The van der Waals surface area contributed by atoms with Gasteiger partial charge in [-0.15, -0.1) is 0 Å². The lowest BCUT2D eigenvalue weighted by molar-refractivity contribution is -0.128. The molecule has 23 heavy (non-hydrogen) atoms. The molecule has 1 rings (SSSR count). The van der Waals surface area contributed by atoms with Crippen LogP contribution in [0.5, 0.6) is 0 Å². The number of amides is 1. The van der Waals surface area contributed by atoms with Gasteiger partial charge in [0.15, 0.2) is 0 Å². The largest absolute Gasteiger partial charge is 0.310 e. The minimum atomic E-state index is -1.11. The van der Waals surface area contributed by atoms with Gasteiger partial charge >= 0.3 is 0 Å². The fourth-order valence-corrected chi connectivity index (χ4v) is 2.24. The molecule has 5 nitrogen and oxygen atoms in total. The number of anilines is 1. The first kappa shape index (κ1) is 19.0. The number of nitrogens with zero attached hydrogens (tertiary/aromatic N) is 2. The number of carbonyl (C=O) groups excluding carboxylic acids is 2. The second kappa shape index (κ2) is 8.53. The molecule has 0 aliphatic heterocycles. The Bertz CT molecular complexity index is 587. The third-order valence-electron chi connectivity index (χ3n) is 3.54. The summed E-state index contributed by atoms with van der Waals surface area (Å²) < 4.78 is 13.5. The van der Waals surface area contributed by atoms with E-state index in [-0.39, 0.29) is 11.5 Å². The Morgan fingerprint density at radius 2 is 1.91 bits per heavy atom. The molecule has 1 unspecified atom stereocenters. The zero-order chi connectivity index (χ0) is 17.6. The monoisotopic (exact) mass is 321 g/mol. The molecule has 0 heterocycles. The maximum absolute atomic E-state index is 13.5. The number of Topliss-reactive ketones (excluding diaryl/α,β-unsaturated/α-hetero) is 1. The number of rotatable bonds is 8. The van der Waals surface area contributed by atoms with Gasteiger partial charge in [-0.05, 0) is 45.6 Å². The van der Waals surface area contributed by atoms with E-state index < -0.39 is 17.6 Å². The molecular weight excluding hydrogens is 297 g/mol. The molecule has 1 amide bonds. The summed E-state index contributed by atoms with van der Waals surface area (Å²) in [4.78, 5) is 28.0. The number of likely N-dealkylation sites (N-methyl/N-ethyl adjacent to an activating group) is 1. The van der Waals surface area contributed by atoms with Crippen molar-refractivity contribution < 1.29 is 14.0 Å². The summed E-state index contributed by atoms with van der Waals surface area (Å²) in [5.41, 5.74) is 0.473. The fraction of sp³-hybridized carbons (Fsp3) is 0.471. The highest BCUT2D eigenvalue weighted by molar-refractivity contribution is 6.22. The highest BCUT2D eigenvalue weighted by Gasteiger charge is 2.32. The number of halogens is 1. The third kappa shape index (κ3) is 5.25. The van der Waals surface area contributed by atoms with Crippen LogP contribution in [0.2, 0.25) is 0 Å². The zero-order valence-corrected chi connectivity index (χ0v) is 14.1. The Labute approximate surface area is 136 Å². The quantitative estimate of drug-likeness (QED) is 0.590. The molecule has 0 saturated heterocycles.